The van der Waals surface area contributed by atoms with E-state index in [0.29, 0.717) is 11.0 Å². The van der Waals surface area contributed by atoms with Crippen molar-refractivity contribution >= 4 is 38.3 Å². The lowest BCUT2D eigenvalue weighted by atomic mass is 9.74. The van der Waals surface area contributed by atoms with Gasteiger partial charge in [-0.25, -0.2) is 4.98 Å². The summed E-state index contributed by atoms with van der Waals surface area (Å²) in [6, 6.07) is 0. The number of rotatable bonds is 3. The third-order valence-electron chi connectivity index (χ3n) is 3.60. The maximum atomic E-state index is 12.4. The zero-order chi connectivity index (χ0) is 13.2. The van der Waals surface area contributed by atoms with Crippen LogP contribution in [-0.2, 0) is 4.79 Å². The summed E-state index contributed by atoms with van der Waals surface area (Å²) >= 11 is 4.78. The van der Waals surface area contributed by atoms with Gasteiger partial charge in [0.2, 0.25) is 5.91 Å². The molecule has 0 radical (unpaired) electrons. The van der Waals surface area contributed by atoms with Gasteiger partial charge >= 0.3 is 0 Å². The minimum Gasteiger partial charge on any atom is -0.316 e. The molecule has 2 rings (SSSR count). The summed E-state index contributed by atoms with van der Waals surface area (Å²) in [4.78, 5) is 16.5. The van der Waals surface area contributed by atoms with Crippen LogP contribution in [0.1, 0.15) is 26.7 Å². The van der Waals surface area contributed by atoms with Crippen molar-refractivity contribution in [3.8, 4) is 0 Å². The molecule has 1 aliphatic rings. The summed E-state index contributed by atoms with van der Waals surface area (Å²) in [5.74, 6) is 0.438. The molecule has 1 aromatic rings. The Balaban J connectivity index is 2.02. The summed E-state index contributed by atoms with van der Waals surface area (Å²) in [6.45, 7) is 6.01. The van der Waals surface area contributed by atoms with Crippen molar-refractivity contribution in [2.45, 2.75) is 26.7 Å². The summed E-state index contributed by atoms with van der Waals surface area (Å²) in [6.07, 6.45) is 3.95. The summed E-state index contributed by atoms with van der Waals surface area (Å²) in [7, 11) is 0. The van der Waals surface area contributed by atoms with E-state index < -0.39 is 0 Å². The van der Waals surface area contributed by atoms with E-state index >= 15 is 0 Å². The van der Waals surface area contributed by atoms with Crippen molar-refractivity contribution in [1.82, 2.24) is 10.3 Å². The minimum absolute atomic E-state index is 0.0537. The maximum Gasteiger partial charge on any atom is 0.232 e. The SMILES string of the molecule is CC(C)(C(=O)Nc1ncc(Br)s1)C1CCCNC1. The highest BCUT2D eigenvalue weighted by Crippen LogP contribution is 2.33. The third kappa shape index (κ3) is 3.10. The van der Waals surface area contributed by atoms with Crippen LogP contribution in [0.5, 0.6) is 0 Å². The van der Waals surface area contributed by atoms with Crippen LogP contribution in [-0.4, -0.2) is 24.0 Å². The second-order valence-electron chi connectivity index (χ2n) is 5.19. The Morgan fingerprint density at radius 1 is 1.67 bits per heavy atom. The highest BCUT2D eigenvalue weighted by Gasteiger charge is 2.37. The van der Waals surface area contributed by atoms with E-state index in [4.69, 9.17) is 0 Å². The Morgan fingerprint density at radius 3 is 3.00 bits per heavy atom. The van der Waals surface area contributed by atoms with Gasteiger partial charge in [0.05, 0.1) is 9.98 Å². The van der Waals surface area contributed by atoms with Crippen molar-refractivity contribution in [2.75, 3.05) is 18.4 Å². The molecule has 18 heavy (non-hydrogen) atoms. The highest BCUT2D eigenvalue weighted by atomic mass is 79.9. The molecule has 1 fully saturated rings. The molecule has 1 atom stereocenters. The van der Waals surface area contributed by atoms with Crippen molar-refractivity contribution in [1.29, 1.82) is 0 Å². The minimum atomic E-state index is -0.369. The molecule has 0 bridgehead atoms. The number of halogens is 1. The average Bonchev–Trinajstić information content (AvgIpc) is 2.76. The van der Waals surface area contributed by atoms with Gasteiger partial charge in [0.1, 0.15) is 0 Å². The molecule has 0 aliphatic carbocycles. The molecule has 1 amide bonds. The van der Waals surface area contributed by atoms with Crippen LogP contribution in [0.15, 0.2) is 9.98 Å². The van der Waals surface area contributed by atoms with Gasteiger partial charge in [0, 0.05) is 5.41 Å². The van der Waals surface area contributed by atoms with Crippen molar-refractivity contribution in [3.63, 3.8) is 0 Å². The second kappa shape index (κ2) is 5.67. The molecule has 2 heterocycles. The van der Waals surface area contributed by atoms with Crippen molar-refractivity contribution in [3.05, 3.63) is 9.98 Å². The quantitative estimate of drug-likeness (QED) is 0.895. The molecule has 4 nitrogen and oxygen atoms in total. The third-order valence-corrected chi connectivity index (χ3v) is 4.99. The molecule has 1 saturated heterocycles. The molecule has 1 aromatic heterocycles. The zero-order valence-electron chi connectivity index (χ0n) is 10.6. The van der Waals surface area contributed by atoms with E-state index in [-0.39, 0.29) is 11.3 Å². The monoisotopic (exact) mass is 331 g/mol. The van der Waals surface area contributed by atoms with Crippen LogP contribution in [0, 0.1) is 11.3 Å². The van der Waals surface area contributed by atoms with Gasteiger partial charge in [-0.3, -0.25) is 4.79 Å². The van der Waals surface area contributed by atoms with E-state index in [1.807, 2.05) is 13.8 Å². The second-order valence-corrected chi connectivity index (χ2v) is 7.60. The molecule has 0 aromatic carbocycles. The smallest absolute Gasteiger partial charge is 0.232 e. The molecular weight excluding hydrogens is 314 g/mol. The van der Waals surface area contributed by atoms with Crippen LogP contribution in [0.3, 0.4) is 0 Å². The molecule has 2 N–H and O–H groups in total. The number of piperidine rings is 1. The topological polar surface area (TPSA) is 54.0 Å². The predicted molar refractivity (Wildman–Crippen MR) is 77.8 cm³/mol. The summed E-state index contributed by atoms with van der Waals surface area (Å²) in [5, 5.41) is 6.93. The van der Waals surface area contributed by atoms with Gasteiger partial charge in [0.15, 0.2) is 5.13 Å². The van der Waals surface area contributed by atoms with E-state index in [1.165, 1.54) is 11.3 Å². The molecule has 6 heteroatoms. The molecule has 0 saturated carbocycles. The largest absolute Gasteiger partial charge is 0.316 e. The van der Waals surface area contributed by atoms with E-state index in [2.05, 4.69) is 31.5 Å². The van der Waals surface area contributed by atoms with E-state index in [0.717, 1.165) is 29.7 Å². The first kappa shape index (κ1) is 14.0. The lowest BCUT2D eigenvalue weighted by Gasteiger charge is -2.35. The molecule has 100 valence electrons. The number of anilines is 1. The zero-order valence-corrected chi connectivity index (χ0v) is 13.0. The molecule has 1 aliphatic heterocycles. The number of amides is 1. The number of nitrogens with zero attached hydrogens (tertiary/aromatic N) is 1. The Kier molecular flexibility index (Phi) is 4.40. The summed E-state index contributed by atoms with van der Waals surface area (Å²) < 4.78 is 0.926. The van der Waals surface area contributed by atoms with Gasteiger partial charge in [-0.15, -0.1) is 0 Å². The fourth-order valence-electron chi connectivity index (χ4n) is 2.22. The number of aromatic nitrogens is 1. The van der Waals surface area contributed by atoms with Gasteiger partial charge < -0.3 is 10.6 Å². The Hall–Kier alpha value is -0.460. The number of nitrogens with one attached hydrogen (secondary N) is 2. The lowest BCUT2D eigenvalue weighted by Crippen LogP contribution is -2.44. The standard InChI is InChI=1S/C12H18BrN3OS/c1-12(2,8-4-3-5-14-6-8)10(17)16-11-15-7-9(13)18-11/h7-8,14H,3-6H2,1-2H3,(H,15,16,17). The van der Waals surface area contributed by atoms with Crippen LogP contribution >= 0.6 is 27.3 Å². The number of thiazole rings is 1. The van der Waals surface area contributed by atoms with Gasteiger partial charge in [-0.2, -0.15) is 0 Å². The first-order valence-corrected chi connectivity index (χ1v) is 7.74. The number of carbonyl (C=O) groups is 1. The summed E-state index contributed by atoms with van der Waals surface area (Å²) in [5.41, 5.74) is -0.369. The normalized spacial score (nSPS) is 20.7. The first-order chi connectivity index (χ1) is 8.50. The van der Waals surface area contributed by atoms with Gasteiger partial charge in [-0.1, -0.05) is 25.2 Å². The first-order valence-electron chi connectivity index (χ1n) is 6.13. The molecule has 0 spiro atoms. The number of carbonyl (C=O) groups excluding carboxylic acids is 1. The number of hydrogen-bond donors (Lipinski definition) is 2. The predicted octanol–water partition coefficient (Wildman–Crippen LogP) is 2.87. The number of hydrogen-bond acceptors (Lipinski definition) is 4. The van der Waals surface area contributed by atoms with Crippen LogP contribution in [0.2, 0.25) is 0 Å². The Labute approximate surface area is 120 Å². The Morgan fingerprint density at radius 2 is 2.44 bits per heavy atom. The Bertz CT molecular complexity index is 427. The van der Waals surface area contributed by atoms with Crippen molar-refractivity contribution < 1.29 is 4.79 Å². The molecular formula is C12H18BrN3OS. The lowest BCUT2D eigenvalue weighted by molar-refractivity contribution is -0.127. The van der Waals surface area contributed by atoms with Crippen LogP contribution < -0.4 is 10.6 Å². The highest BCUT2D eigenvalue weighted by molar-refractivity contribution is 9.11. The van der Waals surface area contributed by atoms with Crippen molar-refractivity contribution in [2.24, 2.45) is 11.3 Å². The fraction of sp³-hybridized carbons (Fsp3) is 0.667. The van der Waals surface area contributed by atoms with Gasteiger partial charge in [-0.05, 0) is 47.8 Å². The van der Waals surface area contributed by atoms with E-state index in [9.17, 15) is 4.79 Å². The van der Waals surface area contributed by atoms with Crippen LogP contribution in [0.4, 0.5) is 5.13 Å². The maximum absolute atomic E-state index is 12.4. The van der Waals surface area contributed by atoms with E-state index in [1.54, 1.807) is 6.20 Å². The fourth-order valence-corrected chi connectivity index (χ4v) is 3.33. The van der Waals surface area contributed by atoms with Gasteiger partial charge in [0.25, 0.3) is 0 Å². The average molecular weight is 332 g/mol. The molecule has 1 unspecified atom stereocenters. The van der Waals surface area contributed by atoms with Crippen LogP contribution in [0.25, 0.3) is 0 Å².